The minimum atomic E-state index is -0.299. The SMILES string of the molecule is COc1ccc(N2CC[NH+]([C@@H](c3ccccc3F)c3nnnn3C(C)(C)C)CC2)cc1. The predicted octanol–water partition coefficient (Wildman–Crippen LogP) is 2.07. The average Bonchev–Trinajstić information content (AvgIpc) is 3.26. The molecule has 0 unspecified atom stereocenters. The van der Waals surface area contributed by atoms with Crippen molar-refractivity contribution in [2.24, 2.45) is 0 Å². The van der Waals surface area contributed by atoms with Gasteiger partial charge >= 0.3 is 0 Å². The van der Waals surface area contributed by atoms with Gasteiger partial charge in [-0.25, -0.2) is 9.07 Å². The smallest absolute Gasteiger partial charge is 0.214 e. The van der Waals surface area contributed by atoms with E-state index in [2.05, 4.69) is 53.3 Å². The zero-order chi connectivity index (χ0) is 22.0. The molecular weight excluding hydrogens is 395 g/mol. The first-order valence-corrected chi connectivity index (χ1v) is 10.7. The van der Waals surface area contributed by atoms with Crippen molar-refractivity contribution in [2.45, 2.75) is 32.4 Å². The van der Waals surface area contributed by atoms with Crippen LogP contribution >= 0.6 is 0 Å². The number of nitrogens with zero attached hydrogens (tertiary/aromatic N) is 5. The van der Waals surface area contributed by atoms with E-state index in [-0.39, 0.29) is 17.4 Å². The molecule has 2 heterocycles. The molecule has 4 rings (SSSR count). The first kappa shape index (κ1) is 21.2. The highest BCUT2D eigenvalue weighted by Gasteiger charge is 2.37. The Hall–Kier alpha value is -3.00. The van der Waals surface area contributed by atoms with Crippen LogP contribution in [0.25, 0.3) is 0 Å². The summed E-state index contributed by atoms with van der Waals surface area (Å²) in [4.78, 5) is 3.61. The van der Waals surface area contributed by atoms with Crippen LogP contribution in [-0.4, -0.2) is 53.5 Å². The Morgan fingerprint density at radius 3 is 2.32 bits per heavy atom. The summed E-state index contributed by atoms with van der Waals surface area (Å²) >= 11 is 0. The van der Waals surface area contributed by atoms with Gasteiger partial charge in [0.15, 0.2) is 6.04 Å². The second-order valence-corrected chi connectivity index (χ2v) is 8.92. The zero-order valence-corrected chi connectivity index (χ0v) is 18.5. The zero-order valence-electron chi connectivity index (χ0n) is 18.5. The van der Waals surface area contributed by atoms with Crippen LogP contribution in [0.3, 0.4) is 0 Å². The molecule has 3 aromatic rings. The van der Waals surface area contributed by atoms with E-state index in [0.717, 1.165) is 31.9 Å². The number of hydrogen-bond donors (Lipinski definition) is 1. The molecule has 1 N–H and O–H groups in total. The first-order chi connectivity index (χ1) is 14.9. The van der Waals surface area contributed by atoms with Crippen LogP contribution in [0.5, 0.6) is 5.75 Å². The van der Waals surface area contributed by atoms with Gasteiger partial charge in [0.05, 0.1) is 44.4 Å². The lowest BCUT2D eigenvalue weighted by atomic mass is 10.0. The van der Waals surface area contributed by atoms with Gasteiger partial charge in [-0.2, -0.15) is 0 Å². The minimum absolute atomic E-state index is 0.221. The van der Waals surface area contributed by atoms with Crippen molar-refractivity contribution in [3.05, 3.63) is 65.7 Å². The van der Waals surface area contributed by atoms with Crippen LogP contribution in [0.2, 0.25) is 0 Å². The molecule has 0 spiro atoms. The quantitative estimate of drug-likeness (QED) is 0.678. The fraction of sp³-hybridized carbons (Fsp3) is 0.435. The number of nitrogens with one attached hydrogen (secondary N) is 1. The number of hydrogen-bond acceptors (Lipinski definition) is 5. The van der Waals surface area contributed by atoms with Crippen LogP contribution in [0.4, 0.5) is 10.1 Å². The van der Waals surface area contributed by atoms with E-state index >= 15 is 0 Å². The number of rotatable bonds is 5. The molecule has 1 fully saturated rings. The van der Waals surface area contributed by atoms with Crippen LogP contribution in [0.15, 0.2) is 48.5 Å². The number of aromatic nitrogens is 4. The molecule has 0 aliphatic carbocycles. The topological polar surface area (TPSA) is 60.5 Å². The summed E-state index contributed by atoms with van der Waals surface area (Å²) in [6.45, 7) is 9.60. The van der Waals surface area contributed by atoms with E-state index in [0.29, 0.717) is 11.4 Å². The third-order valence-corrected chi connectivity index (χ3v) is 5.85. The van der Waals surface area contributed by atoms with E-state index in [1.54, 1.807) is 13.2 Å². The molecule has 7 nitrogen and oxygen atoms in total. The van der Waals surface area contributed by atoms with Gasteiger partial charge in [0.25, 0.3) is 0 Å². The van der Waals surface area contributed by atoms with Gasteiger partial charge in [0.1, 0.15) is 11.6 Å². The molecule has 0 saturated carbocycles. The lowest BCUT2D eigenvalue weighted by Gasteiger charge is -2.37. The number of anilines is 1. The molecule has 1 aliphatic rings. The Morgan fingerprint density at radius 2 is 1.71 bits per heavy atom. The van der Waals surface area contributed by atoms with Gasteiger partial charge in [-0.05, 0) is 67.6 Å². The summed E-state index contributed by atoms with van der Waals surface area (Å²) in [5.74, 6) is 1.33. The molecule has 0 radical (unpaired) electrons. The average molecular weight is 426 g/mol. The van der Waals surface area contributed by atoms with Crippen LogP contribution in [0, 0.1) is 5.82 Å². The Balaban J connectivity index is 1.62. The molecule has 1 atom stereocenters. The van der Waals surface area contributed by atoms with Crippen molar-refractivity contribution in [3.63, 3.8) is 0 Å². The largest absolute Gasteiger partial charge is 0.497 e. The maximum Gasteiger partial charge on any atom is 0.214 e. The standard InChI is InChI=1S/C23H29FN6O/c1-23(2,3)30-22(25-26-27-30)21(19-7-5-6-8-20(19)24)29-15-13-28(14-16-29)17-9-11-18(31-4)12-10-17/h5-12,21H,13-16H2,1-4H3/p+1/t21-/m0/s1. The fourth-order valence-electron chi connectivity index (χ4n) is 4.24. The van der Waals surface area contributed by atoms with Gasteiger partial charge in [0.2, 0.25) is 5.82 Å². The summed E-state index contributed by atoms with van der Waals surface area (Å²) in [5.41, 5.74) is 1.50. The Morgan fingerprint density at radius 1 is 1.03 bits per heavy atom. The van der Waals surface area contributed by atoms with E-state index in [9.17, 15) is 4.39 Å². The van der Waals surface area contributed by atoms with Gasteiger partial charge in [-0.1, -0.05) is 12.1 Å². The Kier molecular flexibility index (Phi) is 5.91. The number of benzene rings is 2. The highest BCUT2D eigenvalue weighted by molar-refractivity contribution is 5.49. The van der Waals surface area contributed by atoms with Crippen LogP contribution in [0.1, 0.15) is 38.2 Å². The van der Waals surface area contributed by atoms with Crippen molar-refractivity contribution < 1.29 is 14.0 Å². The Labute approximate surface area is 182 Å². The summed E-state index contributed by atoms with van der Waals surface area (Å²) in [6.07, 6.45) is 0. The number of ether oxygens (including phenoxy) is 1. The number of tetrazole rings is 1. The van der Waals surface area contributed by atoms with Gasteiger partial charge in [-0.3, -0.25) is 0 Å². The Bertz CT molecular complexity index is 1010. The second-order valence-electron chi connectivity index (χ2n) is 8.92. The van der Waals surface area contributed by atoms with Gasteiger partial charge < -0.3 is 14.5 Å². The molecule has 1 aromatic heterocycles. The third kappa shape index (κ3) is 4.39. The summed E-state index contributed by atoms with van der Waals surface area (Å²) in [5, 5.41) is 12.5. The van der Waals surface area contributed by atoms with Crippen molar-refractivity contribution in [1.29, 1.82) is 0 Å². The maximum atomic E-state index is 14.9. The lowest BCUT2D eigenvalue weighted by molar-refractivity contribution is -0.927. The van der Waals surface area contributed by atoms with Crippen molar-refractivity contribution >= 4 is 5.69 Å². The highest BCUT2D eigenvalue weighted by atomic mass is 19.1. The van der Waals surface area contributed by atoms with Crippen molar-refractivity contribution in [3.8, 4) is 5.75 Å². The predicted molar refractivity (Wildman–Crippen MR) is 117 cm³/mol. The molecular formula is C23H30FN6O+. The fourth-order valence-corrected chi connectivity index (χ4v) is 4.24. The maximum absolute atomic E-state index is 14.9. The van der Waals surface area contributed by atoms with Gasteiger partial charge in [0, 0.05) is 5.69 Å². The molecule has 164 valence electrons. The number of quaternary nitrogens is 1. The summed E-state index contributed by atoms with van der Waals surface area (Å²) in [7, 11) is 1.67. The second kappa shape index (κ2) is 8.63. The molecule has 1 aliphatic heterocycles. The lowest BCUT2D eigenvalue weighted by Crippen LogP contribution is -3.15. The molecule has 0 amide bonds. The van der Waals surface area contributed by atoms with Crippen molar-refractivity contribution in [1.82, 2.24) is 20.2 Å². The molecule has 0 bridgehead atoms. The molecule has 2 aromatic carbocycles. The van der Waals surface area contributed by atoms with Crippen LogP contribution in [-0.2, 0) is 5.54 Å². The van der Waals surface area contributed by atoms with E-state index in [1.807, 2.05) is 28.9 Å². The van der Waals surface area contributed by atoms with E-state index < -0.39 is 0 Å². The van der Waals surface area contributed by atoms with Gasteiger partial charge in [-0.15, -0.1) is 5.10 Å². The van der Waals surface area contributed by atoms with Crippen LogP contribution < -0.4 is 14.5 Å². The third-order valence-electron chi connectivity index (χ3n) is 5.85. The number of methoxy groups -OCH3 is 1. The summed E-state index contributed by atoms with van der Waals surface area (Å²) < 4.78 is 22.0. The first-order valence-electron chi connectivity index (χ1n) is 10.7. The van der Waals surface area contributed by atoms with E-state index in [4.69, 9.17) is 4.74 Å². The van der Waals surface area contributed by atoms with Crippen molar-refractivity contribution in [2.75, 3.05) is 38.2 Å². The number of piperazine rings is 1. The normalized spacial score (nSPS) is 16.4. The monoisotopic (exact) mass is 425 g/mol. The molecule has 8 heteroatoms. The van der Waals surface area contributed by atoms with E-state index in [1.165, 1.54) is 16.7 Å². The minimum Gasteiger partial charge on any atom is -0.497 e. The number of halogens is 1. The molecule has 1 saturated heterocycles. The molecule has 31 heavy (non-hydrogen) atoms. The highest BCUT2D eigenvalue weighted by Crippen LogP contribution is 2.25. The summed E-state index contributed by atoms with van der Waals surface area (Å²) in [6, 6.07) is 14.8.